The highest BCUT2D eigenvalue weighted by molar-refractivity contribution is 5.58. The highest BCUT2D eigenvalue weighted by atomic mass is 16.5. The highest BCUT2D eigenvalue weighted by Gasteiger charge is 2.35. The van der Waals surface area contributed by atoms with E-state index in [1.807, 2.05) is 19.1 Å². The van der Waals surface area contributed by atoms with Crippen molar-refractivity contribution in [1.82, 2.24) is 0 Å². The van der Waals surface area contributed by atoms with Crippen molar-refractivity contribution in [2.24, 2.45) is 0 Å². The lowest BCUT2D eigenvalue weighted by molar-refractivity contribution is 0.0195. The Morgan fingerprint density at radius 2 is 1.50 bits per heavy atom. The van der Waals surface area contributed by atoms with Crippen LogP contribution in [0.2, 0.25) is 0 Å². The van der Waals surface area contributed by atoms with Crippen molar-refractivity contribution in [3.8, 4) is 34.5 Å². The van der Waals surface area contributed by atoms with E-state index in [-0.39, 0.29) is 29.1 Å². The molecule has 3 atom stereocenters. The molecule has 7 heteroatoms. The number of hydrogen-bond donors (Lipinski definition) is 3. The zero-order chi connectivity index (χ0) is 24.0. The van der Waals surface area contributed by atoms with E-state index in [0.29, 0.717) is 17.7 Å². The van der Waals surface area contributed by atoms with Crippen LogP contribution >= 0.6 is 0 Å². The van der Waals surface area contributed by atoms with E-state index in [9.17, 15) is 15.3 Å². The minimum atomic E-state index is -0.779. The Hall–Kier alpha value is -3.58. The van der Waals surface area contributed by atoms with E-state index < -0.39 is 12.2 Å². The van der Waals surface area contributed by atoms with Gasteiger partial charge >= 0.3 is 0 Å². The second-order valence-electron chi connectivity index (χ2n) is 8.80. The number of aliphatic hydroxyl groups is 1. The maximum Gasteiger partial charge on any atom is 0.200 e. The van der Waals surface area contributed by atoms with Crippen LogP contribution in [0.4, 0.5) is 0 Å². The molecule has 5 rings (SSSR count). The summed E-state index contributed by atoms with van der Waals surface area (Å²) in [6, 6.07) is 12.5. The van der Waals surface area contributed by atoms with Gasteiger partial charge in [-0.2, -0.15) is 0 Å². The molecule has 0 fully saturated rings. The average Bonchev–Trinajstić information content (AvgIpc) is 2.84. The molecule has 178 valence electrons. The van der Waals surface area contributed by atoms with Crippen molar-refractivity contribution in [2.45, 2.75) is 44.5 Å². The Kier molecular flexibility index (Phi) is 5.65. The second kappa shape index (κ2) is 8.65. The number of aryl methyl sites for hydroxylation is 1. The fourth-order valence-corrected chi connectivity index (χ4v) is 4.91. The lowest BCUT2D eigenvalue weighted by atomic mass is 9.88. The number of aliphatic hydroxyl groups excluding tert-OH is 1. The van der Waals surface area contributed by atoms with Crippen LogP contribution in [-0.4, -0.2) is 35.6 Å². The summed E-state index contributed by atoms with van der Waals surface area (Å²) in [4.78, 5) is 0. The van der Waals surface area contributed by atoms with Crippen molar-refractivity contribution in [3.05, 3.63) is 70.3 Å². The summed E-state index contributed by atoms with van der Waals surface area (Å²) in [5, 5.41) is 30.8. The van der Waals surface area contributed by atoms with Crippen LogP contribution in [0, 0.1) is 6.92 Å². The van der Waals surface area contributed by atoms with Crippen LogP contribution in [0.1, 0.15) is 46.4 Å². The first-order valence-electron chi connectivity index (χ1n) is 11.3. The SMILES string of the molecule is COc1cc([C@@H]2Oc3c(cc4c(c3C)O[C@@H](c3ccc(O)cc3)CC4)C[C@H]2O)cc(OC)c1O. The van der Waals surface area contributed by atoms with Gasteiger partial charge in [0.05, 0.1) is 20.3 Å². The zero-order valence-electron chi connectivity index (χ0n) is 19.4. The average molecular weight is 465 g/mol. The summed E-state index contributed by atoms with van der Waals surface area (Å²) in [5.41, 5.74) is 4.60. The maximum absolute atomic E-state index is 11.0. The zero-order valence-corrected chi connectivity index (χ0v) is 19.4. The van der Waals surface area contributed by atoms with Gasteiger partial charge in [0.2, 0.25) is 5.75 Å². The van der Waals surface area contributed by atoms with Gasteiger partial charge in [-0.15, -0.1) is 0 Å². The Labute approximate surface area is 198 Å². The summed E-state index contributed by atoms with van der Waals surface area (Å²) in [7, 11) is 2.92. The molecule has 2 aliphatic heterocycles. The summed E-state index contributed by atoms with van der Waals surface area (Å²) in [5.74, 6) is 2.13. The molecule has 0 amide bonds. The van der Waals surface area contributed by atoms with Gasteiger partial charge in [0.1, 0.15) is 23.4 Å². The molecule has 0 unspecified atom stereocenters. The van der Waals surface area contributed by atoms with E-state index in [2.05, 4.69) is 6.07 Å². The monoisotopic (exact) mass is 464 g/mol. The van der Waals surface area contributed by atoms with E-state index in [4.69, 9.17) is 18.9 Å². The first-order chi connectivity index (χ1) is 16.4. The van der Waals surface area contributed by atoms with Crippen molar-refractivity contribution in [1.29, 1.82) is 0 Å². The van der Waals surface area contributed by atoms with Crippen LogP contribution in [0.5, 0.6) is 34.5 Å². The third kappa shape index (κ3) is 3.76. The molecule has 0 radical (unpaired) electrons. The molecule has 3 N–H and O–H groups in total. The number of aromatic hydroxyl groups is 2. The number of hydrogen-bond acceptors (Lipinski definition) is 7. The lowest BCUT2D eigenvalue weighted by Crippen LogP contribution is -2.31. The van der Waals surface area contributed by atoms with E-state index in [1.54, 1.807) is 24.3 Å². The van der Waals surface area contributed by atoms with E-state index in [1.165, 1.54) is 14.2 Å². The van der Waals surface area contributed by atoms with Gasteiger partial charge in [0, 0.05) is 17.5 Å². The predicted octanol–water partition coefficient (Wildman–Crippen LogP) is 4.53. The van der Waals surface area contributed by atoms with E-state index >= 15 is 0 Å². The smallest absolute Gasteiger partial charge is 0.200 e. The van der Waals surface area contributed by atoms with Gasteiger partial charge < -0.3 is 34.3 Å². The second-order valence-corrected chi connectivity index (χ2v) is 8.80. The number of ether oxygens (including phenoxy) is 4. The first kappa shape index (κ1) is 22.2. The number of benzene rings is 3. The van der Waals surface area contributed by atoms with E-state index in [0.717, 1.165) is 40.8 Å². The number of fused-ring (bicyclic) bond motifs is 2. The van der Waals surface area contributed by atoms with Gasteiger partial charge in [0.15, 0.2) is 17.6 Å². The summed E-state index contributed by atoms with van der Waals surface area (Å²) >= 11 is 0. The van der Waals surface area contributed by atoms with Crippen LogP contribution in [0.25, 0.3) is 0 Å². The molecular weight excluding hydrogens is 436 g/mol. The first-order valence-corrected chi connectivity index (χ1v) is 11.3. The largest absolute Gasteiger partial charge is 0.508 e. The molecule has 2 aliphatic rings. The molecule has 3 aromatic carbocycles. The highest BCUT2D eigenvalue weighted by Crippen LogP contribution is 2.48. The van der Waals surface area contributed by atoms with Crippen molar-refractivity contribution >= 4 is 0 Å². The van der Waals surface area contributed by atoms with Crippen molar-refractivity contribution < 1.29 is 34.3 Å². The van der Waals surface area contributed by atoms with Crippen molar-refractivity contribution in [2.75, 3.05) is 14.2 Å². The normalized spacial score (nSPS) is 21.0. The predicted molar refractivity (Wildman–Crippen MR) is 125 cm³/mol. The van der Waals surface area contributed by atoms with Gasteiger partial charge in [-0.25, -0.2) is 0 Å². The maximum atomic E-state index is 11.0. The summed E-state index contributed by atoms with van der Waals surface area (Å²) < 4.78 is 23.3. The molecule has 0 saturated carbocycles. The van der Waals surface area contributed by atoms with Gasteiger partial charge in [-0.3, -0.25) is 0 Å². The van der Waals surface area contributed by atoms with Gasteiger partial charge in [-0.1, -0.05) is 12.1 Å². The molecule has 34 heavy (non-hydrogen) atoms. The Balaban J connectivity index is 1.49. The molecule has 0 aliphatic carbocycles. The Morgan fingerprint density at radius 3 is 2.15 bits per heavy atom. The minimum absolute atomic E-state index is 0.0987. The lowest BCUT2D eigenvalue weighted by Gasteiger charge is -2.35. The van der Waals surface area contributed by atoms with Gasteiger partial charge in [-0.05, 0) is 66.8 Å². The molecule has 0 bridgehead atoms. The quantitative estimate of drug-likeness (QED) is 0.522. The molecule has 2 heterocycles. The van der Waals surface area contributed by atoms with Crippen molar-refractivity contribution in [3.63, 3.8) is 0 Å². The molecule has 7 nitrogen and oxygen atoms in total. The molecule has 0 aromatic heterocycles. The summed E-state index contributed by atoms with van der Waals surface area (Å²) in [6.07, 6.45) is 0.555. The Morgan fingerprint density at radius 1 is 0.853 bits per heavy atom. The molecular formula is C27H28O7. The number of phenols is 2. The molecule has 0 spiro atoms. The number of rotatable bonds is 4. The third-order valence-corrected chi connectivity index (χ3v) is 6.67. The third-order valence-electron chi connectivity index (χ3n) is 6.67. The number of phenolic OH excluding ortho intramolecular Hbond substituents is 2. The van der Waals surface area contributed by atoms with Crippen LogP contribution in [-0.2, 0) is 12.8 Å². The summed E-state index contributed by atoms with van der Waals surface area (Å²) in [6.45, 7) is 1.98. The fraction of sp³-hybridized carbons (Fsp3) is 0.333. The standard InChI is InChI=1S/C27H28O7/c1-14-25-16(6-9-21(33-25)15-4-7-19(28)8-5-15)10-17-11-20(29)27(34-26(14)17)18-12-22(31-2)24(30)23(13-18)32-3/h4-5,7-8,10,12-13,20-21,27-30H,6,9,11H2,1-3H3/t20-,21-,27+/m1/s1. The van der Waals surface area contributed by atoms with Crippen LogP contribution in [0.15, 0.2) is 42.5 Å². The fourth-order valence-electron chi connectivity index (χ4n) is 4.91. The van der Waals surface area contributed by atoms with Crippen LogP contribution < -0.4 is 18.9 Å². The minimum Gasteiger partial charge on any atom is -0.508 e. The molecule has 0 saturated heterocycles. The van der Waals surface area contributed by atoms with Gasteiger partial charge in [0.25, 0.3) is 0 Å². The Bertz CT molecular complexity index is 1190. The number of methoxy groups -OCH3 is 2. The van der Waals surface area contributed by atoms with Crippen LogP contribution in [0.3, 0.4) is 0 Å². The molecule has 3 aromatic rings. The topological polar surface area (TPSA) is 97.6 Å².